The van der Waals surface area contributed by atoms with Crippen LogP contribution >= 0.6 is 21.6 Å². The second-order valence-electron chi connectivity index (χ2n) is 5.86. The molecule has 0 unspecified atom stereocenters. The number of rotatable bonds is 5. The van der Waals surface area contributed by atoms with Gasteiger partial charge < -0.3 is 0 Å². The minimum absolute atomic E-state index is 0.227. The summed E-state index contributed by atoms with van der Waals surface area (Å²) >= 11 is 0. The molecule has 6 nitrogen and oxygen atoms in total. The van der Waals surface area contributed by atoms with Crippen LogP contribution in [0, 0.1) is 0 Å². The van der Waals surface area contributed by atoms with Gasteiger partial charge in [-0.2, -0.15) is 0 Å². The summed E-state index contributed by atoms with van der Waals surface area (Å²) in [4.78, 5) is 1.17. The van der Waals surface area contributed by atoms with E-state index in [2.05, 4.69) is 32.8 Å². The molecule has 0 bridgehead atoms. The molecule has 0 atom stereocenters. The quantitative estimate of drug-likeness (QED) is 0.408. The van der Waals surface area contributed by atoms with Crippen LogP contribution in [0.3, 0.4) is 0 Å². The molecular formula is C19H14N6S2. The lowest BCUT2D eigenvalue weighted by molar-refractivity contribution is 0.489. The Bertz CT molecular complexity index is 1130. The SMILES string of the molecule is c1ccc(SSC(n2nnc3ccccc32)n2nnc3ccccc32)cc1. The van der Waals surface area contributed by atoms with Crippen LogP contribution in [0.15, 0.2) is 83.8 Å². The van der Waals surface area contributed by atoms with E-state index < -0.39 is 0 Å². The van der Waals surface area contributed by atoms with Crippen LogP contribution < -0.4 is 0 Å². The average molecular weight is 390 g/mol. The minimum atomic E-state index is -0.227. The molecule has 0 aliphatic heterocycles. The first-order chi connectivity index (χ1) is 13.4. The summed E-state index contributed by atoms with van der Waals surface area (Å²) in [5, 5.41) is 17.5. The summed E-state index contributed by atoms with van der Waals surface area (Å²) < 4.78 is 3.80. The van der Waals surface area contributed by atoms with E-state index in [4.69, 9.17) is 0 Å². The van der Waals surface area contributed by atoms with Gasteiger partial charge in [-0.15, -0.1) is 10.2 Å². The third kappa shape index (κ3) is 3.07. The normalized spacial score (nSPS) is 11.6. The van der Waals surface area contributed by atoms with E-state index in [-0.39, 0.29) is 5.50 Å². The topological polar surface area (TPSA) is 61.4 Å². The summed E-state index contributed by atoms with van der Waals surface area (Å²) in [5.74, 6) is 0. The molecule has 2 aromatic heterocycles. The maximum Gasteiger partial charge on any atom is 0.204 e. The van der Waals surface area contributed by atoms with Gasteiger partial charge in [-0.25, -0.2) is 9.36 Å². The molecule has 132 valence electrons. The number of nitrogens with zero attached hydrogens (tertiary/aromatic N) is 6. The molecular weight excluding hydrogens is 376 g/mol. The first-order valence-electron chi connectivity index (χ1n) is 8.38. The fraction of sp³-hybridized carbons (Fsp3) is 0.0526. The van der Waals surface area contributed by atoms with Gasteiger partial charge in [0.15, 0.2) is 0 Å². The summed E-state index contributed by atoms with van der Waals surface area (Å²) in [6.07, 6.45) is 0. The van der Waals surface area contributed by atoms with Gasteiger partial charge in [0.05, 0.1) is 11.0 Å². The van der Waals surface area contributed by atoms with Crippen molar-refractivity contribution in [1.29, 1.82) is 0 Å². The molecule has 0 amide bonds. The number of hydrogen-bond donors (Lipinski definition) is 0. The fourth-order valence-electron chi connectivity index (χ4n) is 2.86. The average Bonchev–Trinajstić information content (AvgIpc) is 3.34. The lowest BCUT2D eigenvalue weighted by Gasteiger charge is -2.17. The predicted molar refractivity (Wildman–Crippen MR) is 109 cm³/mol. The molecule has 8 heteroatoms. The Hall–Kier alpha value is -2.84. The third-order valence-corrected chi connectivity index (χ3v) is 6.66. The molecule has 0 aliphatic carbocycles. The Balaban J connectivity index is 1.61. The molecule has 0 spiro atoms. The van der Waals surface area contributed by atoms with Crippen molar-refractivity contribution in [2.24, 2.45) is 0 Å². The van der Waals surface area contributed by atoms with Crippen molar-refractivity contribution >= 4 is 43.7 Å². The van der Waals surface area contributed by atoms with Crippen molar-refractivity contribution in [3.8, 4) is 0 Å². The van der Waals surface area contributed by atoms with Crippen molar-refractivity contribution in [3.63, 3.8) is 0 Å². The first-order valence-corrected chi connectivity index (χ1v) is 10.6. The standard InChI is InChI=1S/C19H14N6S2/c1-2-8-14(9-3-1)26-27-19(24-17-12-6-4-10-15(17)20-22-24)25-18-13-7-5-11-16(18)21-23-25/h1-13,19H. The van der Waals surface area contributed by atoms with E-state index in [9.17, 15) is 0 Å². The second kappa shape index (κ2) is 7.05. The summed E-state index contributed by atoms with van der Waals surface area (Å²) in [7, 11) is 3.34. The fourth-order valence-corrected chi connectivity index (χ4v) is 5.21. The monoisotopic (exact) mass is 390 g/mol. The Morgan fingerprint density at radius 2 is 1.15 bits per heavy atom. The Labute approximate surface area is 163 Å². The number of benzene rings is 3. The minimum Gasteiger partial charge on any atom is -0.209 e. The number of hydrogen-bond acceptors (Lipinski definition) is 6. The second-order valence-corrected chi connectivity index (χ2v) is 8.19. The maximum atomic E-state index is 4.41. The number of aromatic nitrogens is 6. The number of para-hydroxylation sites is 2. The molecule has 2 heterocycles. The molecule has 0 aliphatic rings. The Morgan fingerprint density at radius 3 is 1.74 bits per heavy atom. The van der Waals surface area contributed by atoms with E-state index in [0.717, 1.165) is 22.1 Å². The van der Waals surface area contributed by atoms with Crippen molar-refractivity contribution < 1.29 is 0 Å². The molecule has 5 aromatic rings. The van der Waals surface area contributed by atoms with E-state index in [0.29, 0.717) is 0 Å². The van der Waals surface area contributed by atoms with E-state index in [1.807, 2.05) is 76.1 Å². The van der Waals surface area contributed by atoms with E-state index >= 15 is 0 Å². The van der Waals surface area contributed by atoms with Crippen LogP contribution in [-0.4, -0.2) is 30.0 Å². The van der Waals surface area contributed by atoms with Gasteiger partial charge in [0, 0.05) is 4.90 Å². The Kier molecular flexibility index (Phi) is 4.27. The lowest BCUT2D eigenvalue weighted by Crippen LogP contribution is -2.17. The summed E-state index contributed by atoms with van der Waals surface area (Å²) in [6, 6.07) is 26.2. The van der Waals surface area contributed by atoms with Crippen LogP contribution in [0.4, 0.5) is 0 Å². The highest BCUT2D eigenvalue weighted by molar-refractivity contribution is 8.76. The van der Waals surface area contributed by atoms with Crippen molar-refractivity contribution in [1.82, 2.24) is 30.0 Å². The van der Waals surface area contributed by atoms with Gasteiger partial charge >= 0.3 is 0 Å². The zero-order chi connectivity index (χ0) is 18.1. The molecule has 0 radical (unpaired) electrons. The summed E-state index contributed by atoms with van der Waals surface area (Å²) in [5.41, 5.74) is 3.41. The van der Waals surface area contributed by atoms with Gasteiger partial charge in [-0.05, 0) is 47.2 Å². The van der Waals surface area contributed by atoms with Gasteiger partial charge in [0.25, 0.3) is 0 Å². The van der Waals surface area contributed by atoms with Crippen LogP contribution in [0.1, 0.15) is 5.50 Å². The zero-order valence-corrected chi connectivity index (χ0v) is 15.7. The van der Waals surface area contributed by atoms with E-state index in [1.54, 1.807) is 21.6 Å². The van der Waals surface area contributed by atoms with Gasteiger partial charge in [-0.3, -0.25) is 0 Å². The molecule has 5 rings (SSSR count). The van der Waals surface area contributed by atoms with Crippen molar-refractivity contribution in [2.75, 3.05) is 0 Å². The largest absolute Gasteiger partial charge is 0.209 e. The van der Waals surface area contributed by atoms with Crippen LogP contribution in [0.5, 0.6) is 0 Å². The highest BCUT2D eigenvalue weighted by Crippen LogP contribution is 2.41. The number of fused-ring (bicyclic) bond motifs is 2. The molecule has 3 aromatic carbocycles. The third-order valence-electron chi connectivity index (χ3n) is 4.15. The highest BCUT2D eigenvalue weighted by atomic mass is 33.1. The summed E-state index contributed by atoms with van der Waals surface area (Å²) in [6.45, 7) is 0. The van der Waals surface area contributed by atoms with E-state index in [1.165, 1.54) is 4.90 Å². The van der Waals surface area contributed by atoms with Gasteiger partial charge in [0.1, 0.15) is 11.0 Å². The van der Waals surface area contributed by atoms with Crippen LogP contribution in [0.25, 0.3) is 22.1 Å². The van der Waals surface area contributed by atoms with Gasteiger partial charge in [-0.1, -0.05) is 63.7 Å². The Morgan fingerprint density at radius 1 is 0.630 bits per heavy atom. The van der Waals surface area contributed by atoms with Crippen molar-refractivity contribution in [3.05, 3.63) is 78.9 Å². The molecule has 27 heavy (non-hydrogen) atoms. The zero-order valence-electron chi connectivity index (χ0n) is 14.1. The predicted octanol–water partition coefficient (Wildman–Crippen LogP) is 4.62. The lowest BCUT2D eigenvalue weighted by atomic mass is 10.3. The first kappa shape index (κ1) is 16.3. The molecule has 0 saturated carbocycles. The van der Waals surface area contributed by atoms with Crippen LogP contribution in [-0.2, 0) is 0 Å². The van der Waals surface area contributed by atoms with Gasteiger partial charge in [0.2, 0.25) is 5.50 Å². The molecule has 0 N–H and O–H groups in total. The van der Waals surface area contributed by atoms with Crippen molar-refractivity contribution in [2.45, 2.75) is 10.4 Å². The smallest absolute Gasteiger partial charge is 0.204 e. The molecule has 0 saturated heterocycles. The maximum absolute atomic E-state index is 4.41. The molecule has 0 fully saturated rings. The highest BCUT2D eigenvalue weighted by Gasteiger charge is 2.22. The van der Waals surface area contributed by atoms with Crippen LogP contribution in [0.2, 0.25) is 0 Å².